The summed E-state index contributed by atoms with van der Waals surface area (Å²) in [4.78, 5) is 0. The zero-order valence-corrected chi connectivity index (χ0v) is 12.1. The molecule has 62 valence electrons. The Morgan fingerprint density at radius 3 is 1.11 bits per heavy atom. The maximum absolute atomic E-state index is 6.21. The van der Waals surface area contributed by atoms with Crippen LogP contribution in [0.5, 0.6) is 0 Å². The van der Waals surface area contributed by atoms with Crippen molar-refractivity contribution in [2.75, 3.05) is 13.1 Å². The predicted octanol–water partition coefficient (Wildman–Crippen LogP) is 3.89. The Hall–Kier alpha value is 2.07. The Labute approximate surface area is 87.1 Å². The first-order chi connectivity index (χ1) is 4.24. The Morgan fingerprint density at radius 2 is 1.11 bits per heavy atom. The molecule has 5 heteroatoms. The Bertz CT molecular complexity index is 21.3. The molecule has 0 radical (unpaired) electrons. The van der Waals surface area contributed by atoms with E-state index < -0.39 is 0 Å². The number of hydrogen-bond acceptors (Lipinski definition) is 0. The van der Waals surface area contributed by atoms with E-state index in [2.05, 4.69) is 38.7 Å². The number of nitrogens with one attached hydrogen (secondary N) is 2. The quantitative estimate of drug-likeness (QED) is 0.422. The third-order valence-corrected chi connectivity index (χ3v) is 0. The first kappa shape index (κ1) is 17.2. The van der Waals surface area contributed by atoms with Crippen LogP contribution >= 0.6 is 38.7 Å². The normalized spacial score (nSPS) is 6.44. The van der Waals surface area contributed by atoms with Gasteiger partial charge in [0.25, 0.3) is 0 Å². The summed E-state index contributed by atoms with van der Waals surface area (Å²) in [5, 5.41) is 0. The summed E-state index contributed by atoms with van der Waals surface area (Å²) in [6.45, 7) is 4.58. The van der Waals surface area contributed by atoms with Crippen molar-refractivity contribution >= 4 is 38.7 Å². The van der Waals surface area contributed by atoms with Gasteiger partial charge in [-0.05, 0) is 0 Å². The average molecular weight is 537 g/mol. The van der Waals surface area contributed by atoms with Crippen LogP contribution in [0.2, 0.25) is 0 Å². The molecular weight excluding hydrogens is 525 g/mol. The summed E-state index contributed by atoms with van der Waals surface area (Å²) in [6.07, 6.45) is 0. The van der Waals surface area contributed by atoms with E-state index in [1.807, 2.05) is 0 Å². The maximum atomic E-state index is 6.21. The molecule has 0 rings (SSSR count). The van der Waals surface area contributed by atoms with E-state index in [1.165, 1.54) is 0 Å². The van der Waals surface area contributed by atoms with Crippen LogP contribution in [0.15, 0.2) is 0 Å². The van der Waals surface area contributed by atoms with E-state index in [4.69, 9.17) is 11.5 Å². The van der Waals surface area contributed by atoms with Crippen molar-refractivity contribution in [3.63, 3.8) is 0 Å². The molecule has 0 aromatic heterocycles. The third-order valence-electron chi connectivity index (χ3n) is 0. The fourth-order valence-electron chi connectivity index (χ4n) is 0. The molecular formula is C4H12I2N2Pt. The molecule has 2 nitrogen and oxygen atoms in total. The summed E-state index contributed by atoms with van der Waals surface area (Å²) < 4.78 is 0. The van der Waals surface area contributed by atoms with E-state index in [1.54, 1.807) is 13.8 Å². The Morgan fingerprint density at radius 1 is 1.11 bits per heavy atom. The molecule has 0 amide bonds. The van der Waals surface area contributed by atoms with Gasteiger partial charge in [0.05, 0.1) is 0 Å². The van der Waals surface area contributed by atoms with Gasteiger partial charge >= 0.3 is 49.9 Å². The van der Waals surface area contributed by atoms with Crippen LogP contribution in [0, 0.1) is 0 Å². The van der Waals surface area contributed by atoms with Gasteiger partial charge in [-0.2, -0.15) is 13.1 Å². The molecule has 0 bridgehead atoms. The Kier molecular flexibility index (Phi) is 61.7. The first-order valence-electron chi connectivity index (χ1n) is 2.36. The van der Waals surface area contributed by atoms with E-state index >= 15 is 0 Å². The predicted molar refractivity (Wildman–Crippen MR) is 57.8 cm³/mol. The van der Waals surface area contributed by atoms with Gasteiger partial charge in [-0.1, -0.05) is 13.8 Å². The second kappa shape index (κ2) is 32.2. The van der Waals surface area contributed by atoms with Crippen LogP contribution < -0.4 is 0 Å². The van der Waals surface area contributed by atoms with Gasteiger partial charge in [0.15, 0.2) is 0 Å². The van der Waals surface area contributed by atoms with Crippen LogP contribution in [0.25, 0.3) is 11.5 Å². The van der Waals surface area contributed by atoms with Crippen LogP contribution in [0.1, 0.15) is 13.8 Å². The second-order valence-corrected chi connectivity index (χ2v) is 17.3. The van der Waals surface area contributed by atoms with Crippen molar-refractivity contribution in [3.8, 4) is 0 Å². The van der Waals surface area contributed by atoms with Crippen molar-refractivity contribution in [2.45, 2.75) is 13.8 Å². The molecule has 0 aromatic carbocycles. The van der Waals surface area contributed by atoms with Gasteiger partial charge < -0.3 is 11.5 Å². The van der Waals surface area contributed by atoms with E-state index in [0.717, 1.165) is 0 Å². The molecule has 0 heterocycles. The summed E-state index contributed by atoms with van der Waals surface area (Å²) in [5.41, 5.74) is 12.4. The van der Waals surface area contributed by atoms with Gasteiger partial charge in [-0.15, -0.1) is 0 Å². The fourth-order valence-corrected chi connectivity index (χ4v) is 0. The van der Waals surface area contributed by atoms with E-state index in [0.29, 0.717) is 24.3 Å². The van der Waals surface area contributed by atoms with Crippen LogP contribution in [-0.2, 0) is 11.2 Å². The summed E-state index contributed by atoms with van der Waals surface area (Å²) in [6, 6.07) is 0. The fraction of sp³-hybridized carbons (Fsp3) is 1.00. The number of hydrogen-bond donors (Lipinski definition) is 0. The minimum atomic E-state index is 0.500. The van der Waals surface area contributed by atoms with Gasteiger partial charge in [0.2, 0.25) is 0 Å². The molecule has 0 fully saturated rings. The van der Waals surface area contributed by atoms with Gasteiger partial charge in [0, 0.05) is 0 Å². The SMILES string of the molecule is CC[NH-].CC[NH-].[I][Pt+2][I]. The second-order valence-electron chi connectivity index (χ2n) is 0.752. The van der Waals surface area contributed by atoms with Crippen molar-refractivity contribution in [1.29, 1.82) is 0 Å². The molecule has 2 N–H and O–H groups in total. The zero-order chi connectivity index (χ0) is 8.12. The first-order valence-corrected chi connectivity index (χ1v) is 15.2. The standard InChI is InChI=1S/2C2H6N.2HI.Pt/c2*1-2-3;;;/h2*3H,2H2,1H3;2*1H;/q2*-1;;;+4/p-2. The van der Waals surface area contributed by atoms with E-state index in [-0.39, 0.29) is 0 Å². The molecule has 0 saturated heterocycles. The minimum absolute atomic E-state index is 0.500. The number of rotatable bonds is 0. The molecule has 0 aromatic rings. The molecule has 0 aliphatic heterocycles. The summed E-state index contributed by atoms with van der Waals surface area (Å²) >= 11 is 5.30. The van der Waals surface area contributed by atoms with Gasteiger partial charge in [-0.25, -0.2) is 0 Å². The average Bonchev–Trinajstić information content (AvgIpc) is 1.70. The van der Waals surface area contributed by atoms with Gasteiger partial charge in [-0.3, -0.25) is 0 Å². The summed E-state index contributed by atoms with van der Waals surface area (Å²) in [5.74, 6) is 0. The van der Waals surface area contributed by atoms with E-state index in [9.17, 15) is 0 Å². The van der Waals surface area contributed by atoms with Crippen molar-refractivity contribution < 1.29 is 11.2 Å². The van der Waals surface area contributed by atoms with Crippen LogP contribution in [0.4, 0.5) is 0 Å². The topological polar surface area (TPSA) is 47.6 Å². The van der Waals surface area contributed by atoms with Crippen LogP contribution in [-0.4, -0.2) is 13.1 Å². The van der Waals surface area contributed by atoms with Crippen molar-refractivity contribution in [2.24, 2.45) is 0 Å². The zero-order valence-electron chi connectivity index (χ0n) is 5.49. The third kappa shape index (κ3) is 153. The molecule has 0 spiro atoms. The van der Waals surface area contributed by atoms with Gasteiger partial charge in [0.1, 0.15) is 0 Å². The monoisotopic (exact) mass is 537 g/mol. The number of halogens is 2. The molecule has 0 aliphatic carbocycles. The Balaban J connectivity index is -0.0000000600. The molecule has 9 heavy (non-hydrogen) atoms. The summed E-state index contributed by atoms with van der Waals surface area (Å²) in [7, 11) is 0. The molecule has 0 aliphatic rings. The van der Waals surface area contributed by atoms with Crippen LogP contribution in [0.3, 0.4) is 0 Å². The molecule has 0 atom stereocenters. The molecule has 0 saturated carbocycles. The van der Waals surface area contributed by atoms with Crippen molar-refractivity contribution in [1.82, 2.24) is 0 Å². The van der Waals surface area contributed by atoms with Crippen molar-refractivity contribution in [3.05, 3.63) is 11.5 Å². The molecule has 0 unspecified atom stereocenters.